The Morgan fingerprint density at radius 1 is 1.04 bits per heavy atom. The SMILES string of the molecule is CNCCNC(=O)c1cccn2c(=O)c3ccc4ccccc4c3nc12.Cl. The van der Waals surface area contributed by atoms with E-state index < -0.39 is 0 Å². The minimum atomic E-state index is -0.246. The molecule has 0 aliphatic carbocycles. The number of carbonyl (C=O) groups excluding carboxylic acids is 1. The number of rotatable bonds is 4. The molecule has 0 aliphatic rings. The molecule has 2 heterocycles. The quantitative estimate of drug-likeness (QED) is 0.323. The van der Waals surface area contributed by atoms with Crippen LogP contribution >= 0.6 is 12.4 Å². The molecule has 0 aliphatic heterocycles. The number of fused-ring (bicyclic) bond motifs is 4. The summed E-state index contributed by atoms with van der Waals surface area (Å²) in [6.45, 7) is 1.16. The van der Waals surface area contributed by atoms with E-state index in [0.717, 1.165) is 10.8 Å². The molecule has 0 saturated carbocycles. The maximum absolute atomic E-state index is 12.9. The third-order valence-electron chi connectivity index (χ3n) is 4.44. The molecular weight excluding hydrogens is 364 g/mol. The second-order valence-electron chi connectivity index (χ2n) is 6.07. The highest BCUT2D eigenvalue weighted by atomic mass is 35.5. The molecule has 0 fully saturated rings. The molecule has 0 spiro atoms. The van der Waals surface area contributed by atoms with Gasteiger partial charge in [0.2, 0.25) is 0 Å². The van der Waals surface area contributed by atoms with E-state index in [2.05, 4.69) is 10.6 Å². The molecule has 2 N–H and O–H groups in total. The average molecular weight is 383 g/mol. The lowest BCUT2D eigenvalue weighted by Crippen LogP contribution is -2.31. The molecule has 7 heteroatoms. The molecular formula is C20H19ClN4O2. The van der Waals surface area contributed by atoms with Crippen molar-refractivity contribution >= 4 is 45.6 Å². The number of benzene rings is 2. The van der Waals surface area contributed by atoms with Gasteiger partial charge in [-0.25, -0.2) is 4.98 Å². The van der Waals surface area contributed by atoms with Crippen molar-refractivity contribution in [2.45, 2.75) is 0 Å². The summed E-state index contributed by atoms with van der Waals surface area (Å²) in [6.07, 6.45) is 1.64. The number of nitrogens with zero attached hydrogens (tertiary/aromatic N) is 2. The molecule has 1 amide bonds. The van der Waals surface area contributed by atoms with E-state index in [-0.39, 0.29) is 23.9 Å². The number of hydrogen-bond donors (Lipinski definition) is 2. The van der Waals surface area contributed by atoms with Crippen LogP contribution in [0.3, 0.4) is 0 Å². The fourth-order valence-corrected chi connectivity index (χ4v) is 3.14. The first-order chi connectivity index (χ1) is 12.7. The van der Waals surface area contributed by atoms with Gasteiger partial charge in [-0.15, -0.1) is 12.4 Å². The zero-order valence-corrected chi connectivity index (χ0v) is 15.5. The minimum absolute atomic E-state index is 0. The number of amides is 1. The molecule has 4 aromatic rings. The van der Waals surface area contributed by atoms with Crippen LogP contribution in [0.5, 0.6) is 0 Å². The number of carbonyl (C=O) groups is 1. The van der Waals surface area contributed by atoms with Crippen LogP contribution in [0.4, 0.5) is 0 Å². The van der Waals surface area contributed by atoms with Gasteiger partial charge in [0, 0.05) is 24.7 Å². The molecule has 2 aromatic carbocycles. The lowest BCUT2D eigenvalue weighted by atomic mass is 10.1. The van der Waals surface area contributed by atoms with Gasteiger partial charge < -0.3 is 10.6 Å². The van der Waals surface area contributed by atoms with Gasteiger partial charge in [0.1, 0.15) is 0 Å². The molecule has 27 heavy (non-hydrogen) atoms. The van der Waals surface area contributed by atoms with Crippen molar-refractivity contribution in [3.8, 4) is 0 Å². The number of hydrogen-bond acceptors (Lipinski definition) is 4. The van der Waals surface area contributed by atoms with Crippen molar-refractivity contribution in [3.05, 3.63) is 70.6 Å². The molecule has 0 atom stereocenters. The maximum Gasteiger partial charge on any atom is 0.265 e. The van der Waals surface area contributed by atoms with Gasteiger partial charge in [0.15, 0.2) is 5.65 Å². The predicted molar refractivity (Wildman–Crippen MR) is 110 cm³/mol. The molecule has 0 bridgehead atoms. The zero-order chi connectivity index (χ0) is 18.1. The Morgan fingerprint density at radius 2 is 1.85 bits per heavy atom. The first-order valence-electron chi connectivity index (χ1n) is 8.46. The second-order valence-corrected chi connectivity index (χ2v) is 6.07. The topological polar surface area (TPSA) is 75.5 Å². The third kappa shape index (κ3) is 3.25. The number of likely N-dealkylation sites (N-methyl/N-ethyl adjacent to an activating group) is 1. The molecule has 6 nitrogen and oxygen atoms in total. The van der Waals surface area contributed by atoms with Crippen molar-refractivity contribution in [1.82, 2.24) is 20.0 Å². The highest BCUT2D eigenvalue weighted by Crippen LogP contribution is 2.22. The number of aromatic nitrogens is 2. The Morgan fingerprint density at radius 3 is 2.67 bits per heavy atom. The van der Waals surface area contributed by atoms with Crippen LogP contribution in [0.25, 0.3) is 27.3 Å². The summed E-state index contributed by atoms with van der Waals surface area (Å²) in [5.74, 6) is -0.246. The van der Waals surface area contributed by atoms with E-state index in [1.165, 1.54) is 4.40 Å². The summed E-state index contributed by atoms with van der Waals surface area (Å²) in [5, 5.41) is 8.26. The molecule has 4 rings (SSSR count). The summed E-state index contributed by atoms with van der Waals surface area (Å²) in [7, 11) is 1.82. The van der Waals surface area contributed by atoms with Gasteiger partial charge in [-0.2, -0.15) is 0 Å². The van der Waals surface area contributed by atoms with Gasteiger partial charge in [-0.3, -0.25) is 14.0 Å². The molecule has 0 saturated heterocycles. The summed E-state index contributed by atoms with van der Waals surface area (Å²) >= 11 is 0. The first kappa shape index (κ1) is 18.8. The van der Waals surface area contributed by atoms with Gasteiger partial charge >= 0.3 is 0 Å². The van der Waals surface area contributed by atoms with Crippen molar-refractivity contribution in [1.29, 1.82) is 0 Å². The van der Waals surface area contributed by atoms with Gasteiger partial charge in [0.05, 0.1) is 16.5 Å². The lowest BCUT2D eigenvalue weighted by Gasteiger charge is -2.10. The smallest absolute Gasteiger partial charge is 0.265 e. The van der Waals surface area contributed by atoms with E-state index >= 15 is 0 Å². The first-order valence-corrected chi connectivity index (χ1v) is 8.46. The van der Waals surface area contributed by atoms with Crippen LogP contribution < -0.4 is 16.2 Å². The van der Waals surface area contributed by atoms with Crippen LogP contribution in [-0.4, -0.2) is 35.4 Å². The number of nitrogens with one attached hydrogen (secondary N) is 2. The monoisotopic (exact) mass is 382 g/mol. The zero-order valence-electron chi connectivity index (χ0n) is 14.7. The summed E-state index contributed by atoms with van der Waals surface area (Å²) in [4.78, 5) is 30.2. The Labute approximate surface area is 161 Å². The number of pyridine rings is 1. The van der Waals surface area contributed by atoms with Crippen LogP contribution in [0, 0.1) is 0 Å². The maximum atomic E-state index is 12.9. The van der Waals surface area contributed by atoms with Crippen molar-refractivity contribution in [2.75, 3.05) is 20.1 Å². The Balaban J connectivity index is 0.00000210. The highest BCUT2D eigenvalue weighted by Gasteiger charge is 2.15. The van der Waals surface area contributed by atoms with Crippen molar-refractivity contribution in [3.63, 3.8) is 0 Å². The van der Waals surface area contributed by atoms with Crippen LogP contribution in [-0.2, 0) is 0 Å². The van der Waals surface area contributed by atoms with E-state index in [4.69, 9.17) is 4.98 Å². The van der Waals surface area contributed by atoms with Crippen LogP contribution in [0.15, 0.2) is 59.5 Å². The molecule has 0 unspecified atom stereocenters. The van der Waals surface area contributed by atoms with E-state index in [0.29, 0.717) is 35.2 Å². The number of halogens is 1. The van der Waals surface area contributed by atoms with Crippen molar-refractivity contribution < 1.29 is 4.79 Å². The molecule has 2 aromatic heterocycles. The summed E-state index contributed by atoms with van der Waals surface area (Å²) in [6, 6.07) is 14.9. The summed E-state index contributed by atoms with van der Waals surface area (Å²) in [5.41, 5.74) is 1.18. The average Bonchev–Trinajstić information content (AvgIpc) is 2.68. The molecule has 138 valence electrons. The molecule has 0 radical (unpaired) electrons. The predicted octanol–water partition coefficient (Wildman–Crippen LogP) is 2.37. The Bertz CT molecular complexity index is 1200. The fourth-order valence-electron chi connectivity index (χ4n) is 3.14. The van der Waals surface area contributed by atoms with Crippen LogP contribution in [0.1, 0.15) is 10.4 Å². The van der Waals surface area contributed by atoms with Crippen LogP contribution in [0.2, 0.25) is 0 Å². The minimum Gasteiger partial charge on any atom is -0.351 e. The fraction of sp³-hybridized carbons (Fsp3) is 0.150. The van der Waals surface area contributed by atoms with E-state index in [9.17, 15) is 9.59 Å². The van der Waals surface area contributed by atoms with Gasteiger partial charge in [-0.1, -0.05) is 30.3 Å². The standard InChI is InChI=1S/C20H18N4O2.ClH/c1-21-10-11-22-19(25)16-7-4-12-24-18(16)23-17-14-6-3-2-5-13(14)8-9-15(17)20(24)26;/h2-9,12,21H,10-11H2,1H3,(H,22,25);1H. The second kappa shape index (κ2) is 7.73. The van der Waals surface area contributed by atoms with Gasteiger partial charge in [0.25, 0.3) is 11.5 Å². The Hall–Kier alpha value is -2.96. The Kier molecular flexibility index (Phi) is 5.39. The third-order valence-corrected chi connectivity index (χ3v) is 4.44. The normalized spacial score (nSPS) is 10.9. The van der Waals surface area contributed by atoms with E-state index in [1.54, 1.807) is 24.4 Å². The van der Waals surface area contributed by atoms with Crippen molar-refractivity contribution in [2.24, 2.45) is 0 Å². The summed E-state index contributed by atoms with van der Waals surface area (Å²) < 4.78 is 1.43. The van der Waals surface area contributed by atoms with Gasteiger partial charge in [-0.05, 0) is 30.6 Å². The van der Waals surface area contributed by atoms with E-state index in [1.807, 2.05) is 37.4 Å². The highest BCUT2D eigenvalue weighted by molar-refractivity contribution is 6.07. The lowest BCUT2D eigenvalue weighted by molar-refractivity contribution is 0.0955. The largest absolute Gasteiger partial charge is 0.351 e.